The Balaban J connectivity index is 2.47. The van der Waals surface area contributed by atoms with E-state index in [1.165, 1.54) is 12.1 Å². The van der Waals surface area contributed by atoms with Gasteiger partial charge in [-0.25, -0.2) is 0 Å². The van der Waals surface area contributed by atoms with E-state index in [-0.39, 0.29) is 5.69 Å². The molecular weight excluding hydrogens is 276 g/mol. The molecular formula is C14H22N2O5. The van der Waals surface area contributed by atoms with Gasteiger partial charge in [-0.15, -0.1) is 0 Å². The molecule has 0 spiro atoms. The van der Waals surface area contributed by atoms with Crippen molar-refractivity contribution < 1.29 is 19.1 Å². The lowest BCUT2D eigenvalue weighted by molar-refractivity contribution is -0.384. The maximum Gasteiger partial charge on any atom is 0.269 e. The predicted molar refractivity (Wildman–Crippen MR) is 79.6 cm³/mol. The van der Waals surface area contributed by atoms with Gasteiger partial charge in [0.1, 0.15) is 0 Å². The summed E-state index contributed by atoms with van der Waals surface area (Å²) in [5.41, 5.74) is 1.68. The highest BCUT2D eigenvalue weighted by Crippen LogP contribution is 2.22. The van der Waals surface area contributed by atoms with Gasteiger partial charge in [-0.05, 0) is 13.0 Å². The molecule has 0 aromatic heterocycles. The highest BCUT2D eigenvalue weighted by molar-refractivity contribution is 5.55. The topological polar surface area (TPSA) is 82.9 Å². The van der Waals surface area contributed by atoms with Crippen LogP contribution in [0.2, 0.25) is 0 Å². The molecule has 0 fully saturated rings. The molecule has 0 aliphatic rings. The van der Waals surface area contributed by atoms with Crippen molar-refractivity contribution in [3.8, 4) is 0 Å². The minimum absolute atomic E-state index is 0.0617. The molecule has 0 radical (unpaired) electrons. The predicted octanol–water partition coefficient (Wildman–Crippen LogP) is 2.21. The SMILES string of the molecule is CCNc1ccc([N+](=O)[O-])cc1COCCOCCOC. The van der Waals surface area contributed by atoms with E-state index in [2.05, 4.69) is 5.32 Å². The third-order valence-corrected chi connectivity index (χ3v) is 2.73. The zero-order chi connectivity index (χ0) is 15.5. The number of methoxy groups -OCH3 is 1. The molecule has 0 saturated heterocycles. The Morgan fingerprint density at radius 1 is 1.19 bits per heavy atom. The molecule has 0 atom stereocenters. The Hall–Kier alpha value is -1.70. The van der Waals surface area contributed by atoms with Crippen LogP contribution in [0.5, 0.6) is 0 Å². The summed E-state index contributed by atoms with van der Waals surface area (Å²) in [6, 6.07) is 4.72. The van der Waals surface area contributed by atoms with E-state index in [0.29, 0.717) is 33.0 Å². The Bertz CT molecular complexity index is 439. The van der Waals surface area contributed by atoms with Gasteiger partial charge < -0.3 is 19.5 Å². The number of nitro groups is 1. The maximum atomic E-state index is 10.8. The van der Waals surface area contributed by atoms with Crippen molar-refractivity contribution in [1.82, 2.24) is 0 Å². The summed E-state index contributed by atoms with van der Waals surface area (Å²) in [6.07, 6.45) is 0. The van der Waals surface area contributed by atoms with Gasteiger partial charge in [0.05, 0.1) is 38.0 Å². The lowest BCUT2D eigenvalue weighted by Gasteiger charge is -2.11. The molecule has 0 unspecified atom stereocenters. The van der Waals surface area contributed by atoms with E-state index in [1.54, 1.807) is 13.2 Å². The zero-order valence-corrected chi connectivity index (χ0v) is 12.5. The molecule has 0 heterocycles. The van der Waals surface area contributed by atoms with E-state index < -0.39 is 4.92 Å². The molecule has 118 valence electrons. The van der Waals surface area contributed by atoms with Crippen molar-refractivity contribution in [2.24, 2.45) is 0 Å². The van der Waals surface area contributed by atoms with Crippen LogP contribution in [0.1, 0.15) is 12.5 Å². The van der Waals surface area contributed by atoms with Crippen LogP contribution in [0.4, 0.5) is 11.4 Å². The minimum Gasteiger partial charge on any atom is -0.385 e. The monoisotopic (exact) mass is 298 g/mol. The first-order valence-electron chi connectivity index (χ1n) is 6.84. The molecule has 7 nitrogen and oxygen atoms in total. The number of rotatable bonds is 11. The fourth-order valence-corrected chi connectivity index (χ4v) is 1.72. The third-order valence-electron chi connectivity index (χ3n) is 2.73. The van der Waals surface area contributed by atoms with Crippen LogP contribution in [0.25, 0.3) is 0 Å². The molecule has 1 N–H and O–H groups in total. The van der Waals surface area contributed by atoms with Crippen molar-refractivity contribution in [3.63, 3.8) is 0 Å². The van der Waals surface area contributed by atoms with Crippen LogP contribution in [0, 0.1) is 10.1 Å². The number of nitrogens with zero attached hydrogens (tertiary/aromatic N) is 1. The third kappa shape index (κ3) is 6.52. The highest BCUT2D eigenvalue weighted by atomic mass is 16.6. The maximum absolute atomic E-state index is 10.8. The summed E-state index contributed by atoms with van der Waals surface area (Å²) < 4.78 is 15.6. The van der Waals surface area contributed by atoms with Gasteiger partial charge in [0, 0.05) is 37.0 Å². The molecule has 0 amide bonds. The molecule has 1 aromatic carbocycles. The molecule has 7 heteroatoms. The number of anilines is 1. The van der Waals surface area contributed by atoms with Gasteiger partial charge in [0.25, 0.3) is 5.69 Å². The summed E-state index contributed by atoms with van der Waals surface area (Å²) in [5, 5.41) is 14.0. The van der Waals surface area contributed by atoms with Gasteiger partial charge in [0.2, 0.25) is 0 Å². The van der Waals surface area contributed by atoms with Crippen molar-refractivity contribution >= 4 is 11.4 Å². The number of ether oxygens (including phenoxy) is 3. The number of nitrogens with one attached hydrogen (secondary N) is 1. The van der Waals surface area contributed by atoms with Crippen LogP contribution in [-0.2, 0) is 20.8 Å². The first-order valence-corrected chi connectivity index (χ1v) is 6.84. The van der Waals surface area contributed by atoms with Crippen LogP contribution < -0.4 is 5.32 Å². The van der Waals surface area contributed by atoms with E-state index in [4.69, 9.17) is 14.2 Å². The molecule has 0 aliphatic heterocycles. The average molecular weight is 298 g/mol. The van der Waals surface area contributed by atoms with Gasteiger partial charge >= 0.3 is 0 Å². The molecule has 1 rings (SSSR count). The van der Waals surface area contributed by atoms with E-state index in [0.717, 1.165) is 17.8 Å². The number of benzene rings is 1. The van der Waals surface area contributed by atoms with Crippen molar-refractivity contribution in [2.75, 3.05) is 45.4 Å². The van der Waals surface area contributed by atoms with Gasteiger partial charge in [-0.3, -0.25) is 10.1 Å². The first-order chi connectivity index (χ1) is 10.2. The summed E-state index contributed by atoms with van der Waals surface area (Å²) in [6.45, 7) is 4.99. The Morgan fingerprint density at radius 3 is 2.57 bits per heavy atom. The normalized spacial score (nSPS) is 10.6. The molecule has 0 saturated carbocycles. The Kier molecular flexibility index (Phi) is 8.34. The summed E-state index contributed by atoms with van der Waals surface area (Å²) in [4.78, 5) is 10.4. The smallest absolute Gasteiger partial charge is 0.269 e. The lowest BCUT2D eigenvalue weighted by Crippen LogP contribution is -2.09. The first kappa shape index (κ1) is 17.4. The minimum atomic E-state index is -0.410. The lowest BCUT2D eigenvalue weighted by atomic mass is 10.1. The number of nitro benzene ring substituents is 1. The van der Waals surface area contributed by atoms with Gasteiger partial charge in [0.15, 0.2) is 0 Å². The number of hydrogen-bond acceptors (Lipinski definition) is 6. The van der Waals surface area contributed by atoms with Gasteiger partial charge in [-0.2, -0.15) is 0 Å². The van der Waals surface area contributed by atoms with Crippen LogP contribution in [0.15, 0.2) is 18.2 Å². The second-order valence-electron chi connectivity index (χ2n) is 4.29. The molecule has 21 heavy (non-hydrogen) atoms. The summed E-state index contributed by atoms with van der Waals surface area (Å²) >= 11 is 0. The van der Waals surface area contributed by atoms with E-state index in [1.807, 2.05) is 6.92 Å². The van der Waals surface area contributed by atoms with Crippen molar-refractivity contribution in [1.29, 1.82) is 0 Å². The Labute approximate surface area is 124 Å². The molecule has 0 aliphatic carbocycles. The molecule has 1 aromatic rings. The van der Waals surface area contributed by atoms with Crippen LogP contribution in [-0.4, -0.2) is 45.0 Å². The highest BCUT2D eigenvalue weighted by Gasteiger charge is 2.10. The number of hydrogen-bond donors (Lipinski definition) is 1. The van der Waals surface area contributed by atoms with Crippen molar-refractivity contribution in [3.05, 3.63) is 33.9 Å². The second kappa shape index (κ2) is 10.1. The largest absolute Gasteiger partial charge is 0.385 e. The molecule has 0 bridgehead atoms. The Morgan fingerprint density at radius 2 is 1.90 bits per heavy atom. The summed E-state index contributed by atoms with van der Waals surface area (Å²) in [7, 11) is 1.62. The fourth-order valence-electron chi connectivity index (χ4n) is 1.72. The zero-order valence-electron chi connectivity index (χ0n) is 12.5. The van der Waals surface area contributed by atoms with Crippen LogP contribution >= 0.6 is 0 Å². The average Bonchev–Trinajstić information content (AvgIpc) is 2.47. The van der Waals surface area contributed by atoms with E-state index >= 15 is 0 Å². The second-order valence-corrected chi connectivity index (χ2v) is 4.29. The quantitative estimate of drug-likeness (QED) is 0.383. The van der Waals surface area contributed by atoms with E-state index in [9.17, 15) is 10.1 Å². The number of non-ortho nitro benzene ring substituents is 1. The fraction of sp³-hybridized carbons (Fsp3) is 0.571. The standard InChI is InChI=1S/C14H22N2O5/c1-3-15-14-5-4-13(16(17)18)10-12(14)11-21-9-8-20-7-6-19-2/h4-5,10,15H,3,6-9,11H2,1-2H3. The van der Waals surface area contributed by atoms with Crippen LogP contribution in [0.3, 0.4) is 0 Å². The van der Waals surface area contributed by atoms with Crippen molar-refractivity contribution in [2.45, 2.75) is 13.5 Å². The summed E-state index contributed by atoms with van der Waals surface area (Å²) in [5.74, 6) is 0. The van der Waals surface area contributed by atoms with Gasteiger partial charge in [-0.1, -0.05) is 0 Å².